The Kier molecular flexibility index (Phi) is 3.78. The van der Waals surface area contributed by atoms with Crippen molar-refractivity contribution in [2.75, 3.05) is 19.6 Å². The monoisotopic (exact) mass is 323 g/mol. The number of fused-ring (bicyclic) bond motifs is 2. The van der Waals surface area contributed by atoms with Gasteiger partial charge in [0.05, 0.1) is 12.6 Å². The molecule has 0 aromatic rings. The number of carbonyl (C=O) groups excluding carboxylic acids is 1. The Morgan fingerprint density at radius 2 is 2.12 bits per heavy atom. The number of amides is 1. The smallest absolute Gasteiger partial charge is 0.251 e. The average Bonchev–Trinajstić information content (AvgIpc) is 2.95. The molecule has 4 aliphatic rings. The average molecular weight is 323 g/mol. The second kappa shape index (κ2) is 5.83. The van der Waals surface area contributed by atoms with Crippen LogP contribution in [0.3, 0.4) is 0 Å². The highest BCUT2D eigenvalue weighted by Gasteiger charge is 2.40. The maximum absolute atomic E-state index is 13.1. The van der Waals surface area contributed by atoms with Crippen LogP contribution >= 0.6 is 0 Å². The number of hydrogen-bond acceptors (Lipinski definition) is 3. The fourth-order valence-electron chi connectivity index (χ4n) is 4.53. The van der Waals surface area contributed by atoms with E-state index < -0.39 is 0 Å². The van der Waals surface area contributed by atoms with E-state index in [0.29, 0.717) is 11.8 Å². The van der Waals surface area contributed by atoms with Crippen LogP contribution in [0.15, 0.2) is 44.4 Å². The topological polar surface area (TPSA) is 45.0 Å². The van der Waals surface area contributed by atoms with Crippen molar-refractivity contribution in [1.82, 2.24) is 4.90 Å². The molecular formula is C20H25N3O. The van der Waals surface area contributed by atoms with Crippen LogP contribution in [0, 0.1) is 11.8 Å². The summed E-state index contributed by atoms with van der Waals surface area (Å²) in [6, 6.07) is -0.0302. The Balaban J connectivity index is 1.90. The molecule has 0 saturated heterocycles. The van der Waals surface area contributed by atoms with Crippen LogP contribution in [0.2, 0.25) is 0 Å². The molecule has 0 radical (unpaired) electrons. The third-order valence-corrected chi connectivity index (χ3v) is 6.03. The summed E-state index contributed by atoms with van der Waals surface area (Å²) in [6.45, 7) is 8.63. The number of likely N-dealkylation sites (N-methyl/N-ethyl adjacent to an activating group) is 1. The molecule has 4 rings (SSSR count). The van der Waals surface area contributed by atoms with Crippen molar-refractivity contribution in [3.63, 3.8) is 0 Å². The van der Waals surface area contributed by atoms with E-state index in [1.807, 2.05) is 25.0 Å². The lowest BCUT2D eigenvalue weighted by Crippen LogP contribution is -2.35. The fourth-order valence-corrected chi connectivity index (χ4v) is 4.53. The molecule has 0 N–H and O–H groups in total. The molecular weight excluding hydrogens is 298 g/mol. The molecule has 2 aliphatic heterocycles. The van der Waals surface area contributed by atoms with Crippen LogP contribution in [0.25, 0.3) is 0 Å². The summed E-state index contributed by atoms with van der Waals surface area (Å²) >= 11 is 0. The van der Waals surface area contributed by atoms with E-state index >= 15 is 0 Å². The molecule has 126 valence electrons. The second-order valence-corrected chi connectivity index (χ2v) is 7.16. The number of nitrogens with zero attached hydrogens (tertiary/aromatic N) is 3. The van der Waals surface area contributed by atoms with Crippen LogP contribution in [-0.4, -0.2) is 48.4 Å². The van der Waals surface area contributed by atoms with Crippen LogP contribution < -0.4 is 0 Å². The lowest BCUT2D eigenvalue weighted by molar-refractivity contribution is -0.127. The van der Waals surface area contributed by atoms with Gasteiger partial charge in [0.2, 0.25) is 0 Å². The molecule has 3 bridgehead atoms. The Morgan fingerprint density at radius 3 is 2.88 bits per heavy atom. The lowest BCUT2D eigenvalue weighted by atomic mass is 9.73. The van der Waals surface area contributed by atoms with Crippen molar-refractivity contribution in [2.45, 2.75) is 39.7 Å². The summed E-state index contributed by atoms with van der Waals surface area (Å²) in [5.74, 6) is 1.15. The van der Waals surface area contributed by atoms with Crippen molar-refractivity contribution >= 4 is 17.8 Å². The maximum atomic E-state index is 13.1. The predicted molar refractivity (Wildman–Crippen MR) is 97.6 cm³/mol. The third kappa shape index (κ3) is 2.23. The SMILES string of the molecule is CCN(CC)C(=O)C1=CC2=C3C4=NC/C3=C/C=N[C@H]1C[C@H](C4)C2C. The van der Waals surface area contributed by atoms with E-state index in [-0.39, 0.29) is 11.9 Å². The summed E-state index contributed by atoms with van der Waals surface area (Å²) in [5.41, 5.74) is 6.01. The normalized spacial score (nSPS) is 32.5. The summed E-state index contributed by atoms with van der Waals surface area (Å²) in [4.78, 5) is 24.6. The summed E-state index contributed by atoms with van der Waals surface area (Å²) < 4.78 is 0. The number of rotatable bonds is 3. The van der Waals surface area contributed by atoms with E-state index in [1.165, 1.54) is 22.4 Å². The van der Waals surface area contributed by atoms with Gasteiger partial charge in [-0.3, -0.25) is 14.8 Å². The highest BCUT2D eigenvalue weighted by molar-refractivity contribution is 6.10. The van der Waals surface area contributed by atoms with Crippen molar-refractivity contribution in [3.8, 4) is 0 Å². The van der Waals surface area contributed by atoms with Crippen LogP contribution in [0.1, 0.15) is 33.6 Å². The first-order chi connectivity index (χ1) is 11.6. The van der Waals surface area contributed by atoms with Gasteiger partial charge in [-0.15, -0.1) is 0 Å². The van der Waals surface area contributed by atoms with Gasteiger partial charge in [-0.25, -0.2) is 0 Å². The van der Waals surface area contributed by atoms with Gasteiger partial charge in [0, 0.05) is 36.2 Å². The lowest BCUT2D eigenvalue weighted by Gasteiger charge is -2.31. The Labute approximate surface area is 143 Å². The van der Waals surface area contributed by atoms with Crippen LogP contribution in [0.4, 0.5) is 0 Å². The Morgan fingerprint density at radius 1 is 1.33 bits per heavy atom. The Hall–Kier alpha value is -1.97. The minimum absolute atomic E-state index is 0.0302. The van der Waals surface area contributed by atoms with E-state index in [0.717, 1.165) is 38.0 Å². The molecule has 1 amide bonds. The maximum Gasteiger partial charge on any atom is 0.251 e. The first kappa shape index (κ1) is 15.6. The fraction of sp³-hybridized carbons (Fsp3) is 0.550. The largest absolute Gasteiger partial charge is 0.339 e. The van der Waals surface area contributed by atoms with E-state index in [4.69, 9.17) is 9.98 Å². The molecule has 4 nitrogen and oxygen atoms in total. The molecule has 2 aliphatic carbocycles. The predicted octanol–water partition coefficient (Wildman–Crippen LogP) is 2.97. The molecule has 0 aromatic carbocycles. The minimum Gasteiger partial charge on any atom is -0.339 e. The van der Waals surface area contributed by atoms with Crippen molar-refractivity contribution in [2.24, 2.45) is 21.8 Å². The molecule has 2 heterocycles. The van der Waals surface area contributed by atoms with Crippen molar-refractivity contribution in [3.05, 3.63) is 34.4 Å². The Bertz CT molecular complexity index is 734. The quantitative estimate of drug-likeness (QED) is 0.787. The van der Waals surface area contributed by atoms with Gasteiger partial charge < -0.3 is 4.90 Å². The van der Waals surface area contributed by atoms with Crippen LogP contribution in [-0.2, 0) is 4.79 Å². The molecule has 4 heteroatoms. The molecule has 24 heavy (non-hydrogen) atoms. The van der Waals surface area contributed by atoms with Gasteiger partial charge in [0.1, 0.15) is 0 Å². The molecule has 1 unspecified atom stereocenters. The van der Waals surface area contributed by atoms with Gasteiger partial charge in [0.15, 0.2) is 0 Å². The van der Waals surface area contributed by atoms with Gasteiger partial charge in [-0.05, 0) is 61.8 Å². The number of aliphatic imine (C=N–C) groups is 2. The molecule has 0 fully saturated rings. The third-order valence-electron chi connectivity index (χ3n) is 6.03. The van der Waals surface area contributed by atoms with Crippen LogP contribution in [0.5, 0.6) is 0 Å². The summed E-state index contributed by atoms with van der Waals surface area (Å²) in [6.07, 6.45) is 8.15. The highest BCUT2D eigenvalue weighted by atomic mass is 16.2. The van der Waals surface area contributed by atoms with E-state index in [9.17, 15) is 4.79 Å². The standard InChI is InChI=1S/C20H25N3O/c1-4-23(5-2)20(24)16-10-15-12(3)14-8-17(16)21-7-6-13-11-22-18(9-14)19(13)15/h6-7,10,12,14,17H,4-5,8-9,11H2,1-3H3/b13-6-,21-7?/t12?,14-,17+/m1/s1. The zero-order chi connectivity index (χ0) is 16.8. The van der Waals surface area contributed by atoms with E-state index in [1.54, 1.807) is 0 Å². The number of carbonyl (C=O) groups is 1. The molecule has 0 spiro atoms. The molecule has 0 aromatic heterocycles. The first-order valence-electron chi connectivity index (χ1n) is 9.15. The molecule has 3 atom stereocenters. The minimum atomic E-state index is -0.0302. The van der Waals surface area contributed by atoms with Crippen molar-refractivity contribution in [1.29, 1.82) is 0 Å². The summed E-state index contributed by atoms with van der Waals surface area (Å²) in [7, 11) is 0. The van der Waals surface area contributed by atoms with Gasteiger partial charge >= 0.3 is 0 Å². The van der Waals surface area contributed by atoms with Crippen molar-refractivity contribution < 1.29 is 4.79 Å². The number of allylic oxidation sites excluding steroid dienone is 3. The zero-order valence-electron chi connectivity index (χ0n) is 14.7. The van der Waals surface area contributed by atoms with E-state index in [2.05, 4.69) is 19.1 Å². The first-order valence-corrected chi connectivity index (χ1v) is 9.15. The van der Waals surface area contributed by atoms with Gasteiger partial charge in [0.25, 0.3) is 5.91 Å². The molecule has 0 saturated carbocycles. The summed E-state index contributed by atoms with van der Waals surface area (Å²) in [5, 5.41) is 0. The zero-order valence-corrected chi connectivity index (χ0v) is 14.7. The van der Waals surface area contributed by atoms with Gasteiger partial charge in [-0.2, -0.15) is 0 Å². The number of hydrogen-bond donors (Lipinski definition) is 0. The highest BCUT2D eigenvalue weighted by Crippen LogP contribution is 2.45. The van der Waals surface area contributed by atoms with Gasteiger partial charge in [-0.1, -0.05) is 6.92 Å². The second-order valence-electron chi connectivity index (χ2n) is 7.16.